The van der Waals surface area contributed by atoms with E-state index >= 15 is 0 Å². The summed E-state index contributed by atoms with van der Waals surface area (Å²) in [7, 11) is 0. The summed E-state index contributed by atoms with van der Waals surface area (Å²) in [5.74, 6) is 0.855. The minimum atomic E-state index is 0.630. The summed E-state index contributed by atoms with van der Waals surface area (Å²) in [5, 5.41) is 4.92. The van der Waals surface area contributed by atoms with Crippen molar-refractivity contribution in [1.82, 2.24) is 19.5 Å². The molecular weight excluding hydrogens is 609 g/mol. The summed E-state index contributed by atoms with van der Waals surface area (Å²) >= 11 is 0. The van der Waals surface area contributed by atoms with Gasteiger partial charge in [-0.2, -0.15) is 0 Å². The molecular formula is C46H32N4. The van der Waals surface area contributed by atoms with Crippen LogP contribution in [0.1, 0.15) is 5.56 Å². The molecule has 0 atom stereocenters. The van der Waals surface area contributed by atoms with Gasteiger partial charge in [0, 0.05) is 24.5 Å². The molecule has 0 amide bonds. The Morgan fingerprint density at radius 3 is 1.78 bits per heavy atom. The summed E-state index contributed by atoms with van der Waals surface area (Å²) in [5.41, 5.74) is 11.1. The highest BCUT2D eigenvalue weighted by Gasteiger charge is 2.24. The predicted molar refractivity (Wildman–Crippen MR) is 207 cm³/mol. The molecule has 1 aliphatic heterocycles. The predicted octanol–water partition coefficient (Wildman–Crippen LogP) is 11.5. The first-order chi connectivity index (χ1) is 24.7. The minimum absolute atomic E-state index is 0.630. The minimum Gasteiger partial charge on any atom is -0.318 e. The van der Waals surface area contributed by atoms with Gasteiger partial charge >= 0.3 is 0 Å². The van der Waals surface area contributed by atoms with Crippen LogP contribution >= 0.6 is 0 Å². The number of benzene rings is 5. The van der Waals surface area contributed by atoms with E-state index < -0.39 is 0 Å². The van der Waals surface area contributed by atoms with Crippen LogP contribution in [-0.2, 0) is 6.54 Å². The Balaban J connectivity index is 1.15. The van der Waals surface area contributed by atoms with Gasteiger partial charge in [0.25, 0.3) is 0 Å². The van der Waals surface area contributed by atoms with Gasteiger partial charge in [-0.1, -0.05) is 116 Å². The number of aromatic nitrogens is 4. The van der Waals surface area contributed by atoms with Crippen molar-refractivity contribution in [2.24, 2.45) is 0 Å². The van der Waals surface area contributed by atoms with Gasteiger partial charge in [0.15, 0.2) is 0 Å². The lowest BCUT2D eigenvalue weighted by atomic mass is 9.92. The maximum Gasteiger partial charge on any atom is 0.142 e. The van der Waals surface area contributed by atoms with Gasteiger partial charge in [0.05, 0.1) is 17.1 Å². The van der Waals surface area contributed by atoms with Crippen molar-refractivity contribution in [3.8, 4) is 56.4 Å². The van der Waals surface area contributed by atoms with Crippen LogP contribution < -0.4 is 0 Å². The van der Waals surface area contributed by atoms with Crippen LogP contribution in [-0.4, -0.2) is 19.5 Å². The number of nitrogens with zero attached hydrogens (tertiary/aromatic N) is 4. The molecule has 0 aliphatic carbocycles. The monoisotopic (exact) mass is 640 g/mol. The molecule has 1 aliphatic rings. The maximum absolute atomic E-state index is 5.30. The van der Waals surface area contributed by atoms with E-state index in [1.54, 1.807) is 0 Å². The lowest BCUT2D eigenvalue weighted by molar-refractivity contribution is 0.835. The molecule has 0 fully saturated rings. The van der Waals surface area contributed by atoms with Gasteiger partial charge in [-0.3, -0.25) is 9.97 Å². The number of hydrogen-bond acceptors (Lipinski definition) is 3. The molecule has 0 N–H and O–H groups in total. The molecule has 4 heterocycles. The third-order valence-electron chi connectivity index (χ3n) is 9.48. The van der Waals surface area contributed by atoms with Crippen LogP contribution in [0.2, 0.25) is 0 Å². The third-order valence-corrected chi connectivity index (χ3v) is 9.48. The summed E-state index contributed by atoms with van der Waals surface area (Å²) in [6.45, 7) is 5.14. The van der Waals surface area contributed by atoms with Crippen LogP contribution in [0.4, 0.5) is 0 Å². The zero-order chi connectivity index (χ0) is 33.4. The van der Waals surface area contributed by atoms with Crippen molar-refractivity contribution in [3.05, 3.63) is 182 Å². The van der Waals surface area contributed by atoms with Crippen LogP contribution in [0.5, 0.6) is 0 Å². The van der Waals surface area contributed by atoms with E-state index in [0.717, 1.165) is 56.4 Å². The topological polar surface area (TPSA) is 43.6 Å². The van der Waals surface area contributed by atoms with E-state index in [-0.39, 0.29) is 0 Å². The molecule has 0 saturated carbocycles. The SMILES string of the molecule is C=C1/C=C\C=C/Cn2c(nc(-c3ccccn3)c2-c2ccccn2)-c2ccc(-c3ccc4cc(-c5ccc6ccccc6c5)ccc4c3)cc21. The quantitative estimate of drug-likeness (QED) is 0.192. The maximum atomic E-state index is 5.30. The zero-order valence-corrected chi connectivity index (χ0v) is 27.4. The number of imidazole rings is 1. The number of pyridine rings is 2. The molecule has 50 heavy (non-hydrogen) atoms. The fourth-order valence-electron chi connectivity index (χ4n) is 6.94. The Hall–Kier alpha value is -6.65. The summed E-state index contributed by atoms with van der Waals surface area (Å²) < 4.78 is 2.25. The van der Waals surface area contributed by atoms with Crippen molar-refractivity contribution >= 4 is 27.1 Å². The largest absolute Gasteiger partial charge is 0.318 e. The molecule has 8 aromatic rings. The number of allylic oxidation sites excluding steroid dienone is 5. The summed E-state index contributed by atoms with van der Waals surface area (Å²) in [6, 6.07) is 47.2. The van der Waals surface area contributed by atoms with Crippen molar-refractivity contribution in [3.63, 3.8) is 0 Å². The average Bonchev–Trinajstić information content (AvgIpc) is 3.56. The first-order valence-electron chi connectivity index (χ1n) is 16.8. The fraction of sp³-hybridized carbons (Fsp3) is 0.0217. The van der Waals surface area contributed by atoms with Crippen LogP contribution in [0.25, 0.3) is 83.5 Å². The van der Waals surface area contributed by atoms with Crippen molar-refractivity contribution in [1.29, 1.82) is 0 Å². The second kappa shape index (κ2) is 12.4. The Kier molecular flexibility index (Phi) is 7.33. The average molecular weight is 641 g/mol. The van der Waals surface area contributed by atoms with Gasteiger partial charge < -0.3 is 4.57 Å². The van der Waals surface area contributed by atoms with E-state index in [1.165, 1.54) is 32.7 Å². The highest BCUT2D eigenvalue weighted by molar-refractivity contribution is 5.94. The molecule has 5 aromatic carbocycles. The van der Waals surface area contributed by atoms with Crippen LogP contribution in [0, 0.1) is 0 Å². The Morgan fingerprint density at radius 1 is 0.520 bits per heavy atom. The van der Waals surface area contributed by atoms with Gasteiger partial charge in [-0.05, 0) is 103 Å². The first-order valence-corrected chi connectivity index (χ1v) is 16.8. The fourth-order valence-corrected chi connectivity index (χ4v) is 6.94. The van der Waals surface area contributed by atoms with Crippen molar-refractivity contribution in [2.75, 3.05) is 0 Å². The number of fused-ring (bicyclic) bond motifs is 5. The van der Waals surface area contributed by atoms with E-state index in [1.807, 2.05) is 48.8 Å². The number of hydrogen-bond donors (Lipinski definition) is 0. The van der Waals surface area contributed by atoms with Gasteiger partial charge in [-0.15, -0.1) is 0 Å². The van der Waals surface area contributed by atoms with E-state index in [0.29, 0.717) is 6.54 Å². The second-order valence-corrected chi connectivity index (χ2v) is 12.6. The second-order valence-electron chi connectivity index (χ2n) is 12.6. The molecule has 4 nitrogen and oxygen atoms in total. The smallest absolute Gasteiger partial charge is 0.142 e. The van der Waals surface area contributed by atoms with E-state index in [2.05, 4.69) is 133 Å². The van der Waals surface area contributed by atoms with Crippen LogP contribution in [0.3, 0.4) is 0 Å². The van der Waals surface area contributed by atoms with Gasteiger partial charge in [-0.25, -0.2) is 4.98 Å². The molecule has 3 aromatic heterocycles. The molecule has 9 rings (SSSR count). The lowest BCUT2D eigenvalue weighted by Gasteiger charge is -2.16. The molecule has 0 unspecified atom stereocenters. The Bertz CT molecular complexity index is 2630. The molecule has 0 spiro atoms. The summed E-state index contributed by atoms with van der Waals surface area (Å²) in [6.07, 6.45) is 12.0. The molecule has 0 saturated heterocycles. The highest BCUT2D eigenvalue weighted by Crippen LogP contribution is 2.39. The van der Waals surface area contributed by atoms with E-state index in [4.69, 9.17) is 15.0 Å². The van der Waals surface area contributed by atoms with Gasteiger partial charge in [0.2, 0.25) is 0 Å². The standard InChI is InChI=1S/C46H32N4/c1-31-11-3-2-10-26-50-45(43-15-7-9-25-48-43)44(42-14-6-8-24-47-42)49-46(50)40-23-22-39(30-41(31)40)38-21-20-36-28-35(18-19-37(36)29-38)34-17-16-32-12-4-5-13-33(32)27-34/h2-25,27-30H,1,26H2/b10-2-,11-3-. The Morgan fingerprint density at radius 2 is 1.10 bits per heavy atom. The van der Waals surface area contributed by atoms with Gasteiger partial charge in [0.1, 0.15) is 11.5 Å². The molecule has 0 radical (unpaired) electrons. The third kappa shape index (κ3) is 5.33. The molecule has 0 bridgehead atoms. The van der Waals surface area contributed by atoms with Crippen LogP contribution in [0.15, 0.2) is 177 Å². The zero-order valence-electron chi connectivity index (χ0n) is 27.4. The van der Waals surface area contributed by atoms with Crippen molar-refractivity contribution in [2.45, 2.75) is 6.54 Å². The Labute approximate surface area is 291 Å². The summed E-state index contributed by atoms with van der Waals surface area (Å²) in [4.78, 5) is 14.7. The molecule has 4 heteroatoms. The number of rotatable bonds is 4. The highest BCUT2D eigenvalue weighted by atomic mass is 15.1. The normalized spacial score (nSPS) is 13.9. The van der Waals surface area contributed by atoms with E-state index in [9.17, 15) is 0 Å². The lowest BCUT2D eigenvalue weighted by Crippen LogP contribution is -2.04. The molecule has 236 valence electrons. The first kappa shape index (κ1) is 29.5. The van der Waals surface area contributed by atoms with Crippen molar-refractivity contribution < 1.29 is 0 Å².